The van der Waals surface area contributed by atoms with Gasteiger partial charge in [-0.1, -0.05) is 12.2 Å². The summed E-state index contributed by atoms with van der Waals surface area (Å²) < 4.78 is 24.3. The van der Waals surface area contributed by atoms with Crippen LogP contribution in [0.1, 0.15) is 73.3 Å². The minimum absolute atomic E-state index is 0.164. The Labute approximate surface area is 362 Å². The lowest BCUT2D eigenvalue weighted by Crippen LogP contribution is -2.37. The number of hydrogen-bond acceptors (Lipinski definition) is 13. The summed E-state index contributed by atoms with van der Waals surface area (Å²) in [5.41, 5.74) is 12.1. The SMILES string of the molecule is CCn1nc(C)cc1C(=O)Nc1nc2cc(C(N)=O)cc(OC)c2n1C/C=C/Cn1c(NC(=O)c2cc(C)nn2CC)nc2cc(C(=O)NN)cc(OCCCN3CCOCC3)c21. The number of ether oxygens (including phenoxy) is 3. The maximum Gasteiger partial charge on any atom is 0.276 e. The molecule has 7 N–H and O–H groups in total. The number of nitrogen functional groups attached to an aromatic ring is 1. The van der Waals surface area contributed by atoms with Crippen LogP contribution >= 0.6 is 0 Å². The Bertz CT molecular complexity index is 2700. The highest BCUT2D eigenvalue weighted by molar-refractivity contribution is 6.05. The number of fused-ring (bicyclic) bond motifs is 2. The maximum absolute atomic E-state index is 13.9. The molecule has 21 nitrogen and oxygen atoms in total. The Morgan fingerprint density at radius 1 is 0.762 bits per heavy atom. The zero-order valence-electron chi connectivity index (χ0n) is 35.9. The number of imidazole rings is 2. The number of methoxy groups -OCH3 is 1. The molecule has 332 valence electrons. The predicted molar refractivity (Wildman–Crippen MR) is 234 cm³/mol. The summed E-state index contributed by atoms with van der Waals surface area (Å²) in [5.74, 6) is 4.54. The van der Waals surface area contributed by atoms with Gasteiger partial charge in [-0.15, -0.1) is 0 Å². The maximum atomic E-state index is 13.9. The zero-order chi connectivity index (χ0) is 44.8. The molecular formula is C42H52N14O7. The lowest BCUT2D eigenvalue weighted by atomic mass is 10.1. The third kappa shape index (κ3) is 9.54. The number of carbonyl (C=O) groups is 4. The van der Waals surface area contributed by atoms with Gasteiger partial charge >= 0.3 is 0 Å². The van der Waals surface area contributed by atoms with Crippen molar-refractivity contribution in [1.82, 2.24) is 49.0 Å². The average Bonchev–Trinajstić information content (AvgIpc) is 4.05. The number of hydrogen-bond donors (Lipinski definition) is 5. The van der Waals surface area contributed by atoms with Gasteiger partial charge in [-0.05, 0) is 70.5 Å². The number of hydrazine groups is 1. The monoisotopic (exact) mass is 864 g/mol. The first-order valence-electron chi connectivity index (χ1n) is 20.7. The molecule has 21 heteroatoms. The number of anilines is 2. The van der Waals surface area contributed by atoms with E-state index < -0.39 is 23.6 Å². The highest BCUT2D eigenvalue weighted by Crippen LogP contribution is 2.33. The van der Waals surface area contributed by atoms with Crippen LogP contribution in [0.5, 0.6) is 11.5 Å². The summed E-state index contributed by atoms with van der Waals surface area (Å²) in [5, 5.41) is 14.7. The van der Waals surface area contributed by atoms with E-state index in [1.165, 1.54) is 19.2 Å². The Morgan fingerprint density at radius 3 is 1.79 bits per heavy atom. The number of aromatic nitrogens is 8. The summed E-state index contributed by atoms with van der Waals surface area (Å²) in [6.07, 6.45) is 4.41. The van der Waals surface area contributed by atoms with Crippen molar-refractivity contribution >= 4 is 57.6 Å². The molecule has 0 spiro atoms. The Morgan fingerprint density at radius 2 is 1.29 bits per heavy atom. The van der Waals surface area contributed by atoms with Gasteiger partial charge < -0.3 is 29.1 Å². The second kappa shape index (κ2) is 19.3. The van der Waals surface area contributed by atoms with Gasteiger partial charge in [-0.25, -0.2) is 15.8 Å². The number of nitrogens with zero attached hydrogens (tertiary/aromatic N) is 9. The van der Waals surface area contributed by atoms with Gasteiger partial charge in [0.15, 0.2) is 0 Å². The van der Waals surface area contributed by atoms with Crippen molar-refractivity contribution in [2.24, 2.45) is 11.6 Å². The number of aryl methyl sites for hydroxylation is 4. The lowest BCUT2D eigenvalue weighted by molar-refractivity contribution is 0.0358. The van der Waals surface area contributed by atoms with Crippen LogP contribution in [0, 0.1) is 13.8 Å². The highest BCUT2D eigenvalue weighted by atomic mass is 16.5. The Kier molecular flexibility index (Phi) is 13.5. The van der Waals surface area contributed by atoms with Crippen LogP contribution in [-0.2, 0) is 30.9 Å². The van der Waals surface area contributed by atoms with E-state index >= 15 is 0 Å². The van der Waals surface area contributed by atoms with Gasteiger partial charge in [-0.2, -0.15) is 10.2 Å². The van der Waals surface area contributed by atoms with Crippen LogP contribution in [0.25, 0.3) is 22.1 Å². The molecule has 1 fully saturated rings. The van der Waals surface area contributed by atoms with Crippen LogP contribution in [0.15, 0.2) is 48.6 Å². The van der Waals surface area contributed by atoms with E-state index in [0.717, 1.165) is 19.6 Å². The van der Waals surface area contributed by atoms with E-state index in [9.17, 15) is 19.2 Å². The number of nitrogens with one attached hydrogen (secondary N) is 3. The molecule has 0 radical (unpaired) electrons. The summed E-state index contributed by atoms with van der Waals surface area (Å²) in [4.78, 5) is 64.5. The van der Waals surface area contributed by atoms with Crippen molar-refractivity contribution in [1.29, 1.82) is 0 Å². The van der Waals surface area contributed by atoms with Gasteiger partial charge in [0.1, 0.15) is 33.9 Å². The van der Waals surface area contributed by atoms with E-state index in [2.05, 4.69) is 31.2 Å². The number of morpholine rings is 1. The van der Waals surface area contributed by atoms with Crippen molar-refractivity contribution in [3.63, 3.8) is 0 Å². The molecule has 0 saturated carbocycles. The number of primary amides is 1. The molecular weight excluding hydrogens is 813 g/mol. The van der Waals surface area contributed by atoms with Crippen LogP contribution in [0.2, 0.25) is 0 Å². The molecule has 4 aromatic heterocycles. The molecule has 0 aliphatic carbocycles. The summed E-state index contributed by atoms with van der Waals surface area (Å²) in [6.45, 7) is 12.8. The first-order chi connectivity index (χ1) is 30.4. The minimum Gasteiger partial charge on any atom is -0.494 e. The highest BCUT2D eigenvalue weighted by Gasteiger charge is 2.24. The van der Waals surface area contributed by atoms with Crippen molar-refractivity contribution < 1.29 is 33.4 Å². The molecule has 1 aliphatic rings. The molecule has 0 atom stereocenters. The van der Waals surface area contributed by atoms with Crippen molar-refractivity contribution in [2.75, 3.05) is 57.2 Å². The topological polar surface area (TPSA) is 259 Å². The molecule has 1 saturated heterocycles. The fourth-order valence-electron chi connectivity index (χ4n) is 7.55. The number of amides is 4. The van der Waals surface area contributed by atoms with Crippen LogP contribution < -0.4 is 37.1 Å². The number of benzene rings is 2. The van der Waals surface area contributed by atoms with Gasteiger partial charge in [0, 0.05) is 56.9 Å². The molecule has 5 heterocycles. The minimum atomic E-state index is -0.668. The van der Waals surface area contributed by atoms with Gasteiger partial charge in [-0.3, -0.25) is 49.5 Å². The van der Waals surface area contributed by atoms with Crippen LogP contribution in [-0.4, -0.2) is 114 Å². The van der Waals surface area contributed by atoms with E-state index in [0.29, 0.717) is 95.7 Å². The fraction of sp³-hybridized carbons (Fsp3) is 0.381. The van der Waals surface area contributed by atoms with Gasteiger partial charge in [0.25, 0.3) is 17.7 Å². The lowest BCUT2D eigenvalue weighted by Gasteiger charge is -2.26. The fourth-order valence-corrected chi connectivity index (χ4v) is 7.55. The zero-order valence-corrected chi connectivity index (χ0v) is 35.9. The molecule has 0 bridgehead atoms. The van der Waals surface area contributed by atoms with Gasteiger partial charge in [0.2, 0.25) is 17.8 Å². The van der Waals surface area contributed by atoms with Crippen molar-refractivity contribution in [3.05, 3.63) is 82.5 Å². The summed E-state index contributed by atoms with van der Waals surface area (Å²) in [6, 6.07) is 9.63. The van der Waals surface area contributed by atoms with E-state index in [1.807, 2.05) is 32.9 Å². The van der Waals surface area contributed by atoms with Crippen molar-refractivity contribution in [3.8, 4) is 11.5 Å². The molecule has 7 rings (SSSR count). The normalized spacial score (nSPS) is 13.2. The molecule has 1 aliphatic heterocycles. The first-order valence-corrected chi connectivity index (χ1v) is 20.7. The average molecular weight is 865 g/mol. The first kappa shape index (κ1) is 44.0. The Balaban J connectivity index is 1.26. The van der Waals surface area contributed by atoms with Crippen LogP contribution in [0.3, 0.4) is 0 Å². The van der Waals surface area contributed by atoms with Gasteiger partial charge in [0.05, 0.1) is 49.4 Å². The Hall–Kier alpha value is -7.10. The third-order valence-corrected chi connectivity index (χ3v) is 10.6. The molecule has 63 heavy (non-hydrogen) atoms. The molecule has 6 aromatic rings. The smallest absolute Gasteiger partial charge is 0.276 e. The predicted octanol–water partition coefficient (Wildman–Crippen LogP) is 3.01. The third-order valence-electron chi connectivity index (χ3n) is 10.6. The molecule has 0 unspecified atom stereocenters. The van der Waals surface area contributed by atoms with E-state index in [4.69, 9.17) is 35.8 Å². The van der Waals surface area contributed by atoms with Crippen LogP contribution in [0.4, 0.5) is 11.9 Å². The van der Waals surface area contributed by atoms with E-state index in [-0.39, 0.29) is 36.1 Å². The number of allylic oxidation sites excluding steroid dienone is 2. The molecule has 4 amide bonds. The number of carbonyl (C=O) groups excluding carboxylic acids is 4. The second-order valence-electron chi connectivity index (χ2n) is 14.8. The quantitative estimate of drug-likeness (QED) is 0.0274. The summed E-state index contributed by atoms with van der Waals surface area (Å²) >= 11 is 0. The number of rotatable bonds is 18. The molecule has 2 aromatic carbocycles. The standard InChI is InChI=1S/C42H52N14O7/c1-6-55-31(19-25(3)50-55)39(59)47-41-45-29-21-27(37(43)57)23-33(61-5)35(29)53(41)12-8-9-13-54-36-30(46-42(54)48-40(60)32-20-26(4)51-56(32)7-2)22-28(38(58)49-44)24-34(36)63-16-10-11-52-14-17-62-18-15-52/h8-9,19-24H,6-7,10-18,44H2,1-5H3,(H2,43,57)(H,49,58)(H,45,47,59)(H,46,48,60)/b9-8+. The van der Waals surface area contributed by atoms with E-state index in [1.54, 1.807) is 49.7 Å². The summed E-state index contributed by atoms with van der Waals surface area (Å²) in [7, 11) is 1.47. The second-order valence-corrected chi connectivity index (χ2v) is 14.8. The van der Waals surface area contributed by atoms with Crippen molar-refractivity contribution in [2.45, 2.75) is 60.3 Å². The largest absolute Gasteiger partial charge is 0.494 e. The number of nitrogens with two attached hydrogens (primary N) is 2.